The summed E-state index contributed by atoms with van der Waals surface area (Å²) in [6.07, 6.45) is 0.845. The SMILES string of the molecule is Cc1cccc(C(=O)N(CCN)CCc2ccccc2)c1C.Cl. The highest BCUT2D eigenvalue weighted by Crippen LogP contribution is 2.15. The summed E-state index contributed by atoms with van der Waals surface area (Å²) < 4.78 is 0. The molecule has 0 radical (unpaired) electrons. The summed E-state index contributed by atoms with van der Waals surface area (Å²) in [7, 11) is 0. The molecule has 3 nitrogen and oxygen atoms in total. The third-order valence-corrected chi connectivity index (χ3v) is 4.03. The number of rotatable bonds is 6. The Kier molecular flexibility index (Phi) is 7.79. The van der Waals surface area contributed by atoms with Crippen molar-refractivity contribution in [3.63, 3.8) is 0 Å². The Morgan fingerprint density at radius 3 is 2.35 bits per heavy atom. The number of hydrogen-bond acceptors (Lipinski definition) is 2. The first-order valence-electron chi connectivity index (χ1n) is 7.73. The second-order valence-electron chi connectivity index (χ2n) is 5.56. The average Bonchev–Trinajstić information content (AvgIpc) is 2.54. The highest BCUT2D eigenvalue weighted by molar-refractivity contribution is 5.96. The second kappa shape index (κ2) is 9.33. The molecule has 2 aromatic rings. The molecule has 23 heavy (non-hydrogen) atoms. The first-order chi connectivity index (χ1) is 10.6. The van der Waals surface area contributed by atoms with Gasteiger partial charge < -0.3 is 10.6 Å². The van der Waals surface area contributed by atoms with Gasteiger partial charge in [-0.1, -0.05) is 42.5 Å². The molecule has 0 atom stereocenters. The van der Waals surface area contributed by atoms with Crippen molar-refractivity contribution in [2.45, 2.75) is 20.3 Å². The van der Waals surface area contributed by atoms with Crippen LogP contribution in [0.2, 0.25) is 0 Å². The number of carbonyl (C=O) groups excluding carboxylic acids is 1. The van der Waals surface area contributed by atoms with Crippen LogP contribution in [0.5, 0.6) is 0 Å². The van der Waals surface area contributed by atoms with Crippen LogP contribution in [0, 0.1) is 13.8 Å². The van der Waals surface area contributed by atoms with E-state index < -0.39 is 0 Å². The first kappa shape index (κ1) is 19.2. The quantitative estimate of drug-likeness (QED) is 0.881. The van der Waals surface area contributed by atoms with Gasteiger partial charge in [0.25, 0.3) is 5.91 Å². The van der Waals surface area contributed by atoms with Gasteiger partial charge in [0.1, 0.15) is 0 Å². The van der Waals surface area contributed by atoms with Crippen molar-refractivity contribution in [1.29, 1.82) is 0 Å². The maximum atomic E-state index is 12.8. The standard InChI is InChI=1S/C19H24N2O.ClH/c1-15-7-6-10-18(16(15)2)19(22)21(14-12-20)13-11-17-8-4-3-5-9-17;/h3-10H,11-14,20H2,1-2H3;1H. The fraction of sp³-hybridized carbons (Fsp3) is 0.316. The van der Waals surface area contributed by atoms with Crippen molar-refractivity contribution in [2.24, 2.45) is 5.73 Å². The minimum atomic E-state index is 0. The lowest BCUT2D eigenvalue weighted by molar-refractivity contribution is 0.0761. The molecule has 2 N–H and O–H groups in total. The van der Waals surface area contributed by atoms with Gasteiger partial charge >= 0.3 is 0 Å². The zero-order chi connectivity index (χ0) is 15.9. The molecule has 2 aromatic carbocycles. The summed E-state index contributed by atoms with van der Waals surface area (Å²) in [6, 6.07) is 16.1. The number of aryl methyl sites for hydroxylation is 1. The van der Waals surface area contributed by atoms with E-state index in [1.165, 1.54) is 5.56 Å². The maximum absolute atomic E-state index is 12.8. The molecule has 2 rings (SSSR count). The number of carbonyl (C=O) groups is 1. The van der Waals surface area contributed by atoms with Crippen LogP contribution in [0.1, 0.15) is 27.0 Å². The van der Waals surface area contributed by atoms with E-state index in [2.05, 4.69) is 12.1 Å². The predicted octanol–water partition coefficient (Wildman–Crippen LogP) is 3.37. The van der Waals surface area contributed by atoms with Crippen molar-refractivity contribution in [2.75, 3.05) is 19.6 Å². The molecule has 0 aromatic heterocycles. The van der Waals surface area contributed by atoms with Gasteiger partial charge in [-0.3, -0.25) is 4.79 Å². The van der Waals surface area contributed by atoms with Gasteiger partial charge in [-0.15, -0.1) is 12.4 Å². The predicted molar refractivity (Wildman–Crippen MR) is 98.3 cm³/mol. The van der Waals surface area contributed by atoms with E-state index in [9.17, 15) is 4.79 Å². The lowest BCUT2D eigenvalue weighted by atomic mass is 10.0. The van der Waals surface area contributed by atoms with Crippen molar-refractivity contribution < 1.29 is 4.79 Å². The Morgan fingerprint density at radius 1 is 1.00 bits per heavy atom. The van der Waals surface area contributed by atoms with Gasteiger partial charge in [0.05, 0.1) is 0 Å². The van der Waals surface area contributed by atoms with E-state index in [1.54, 1.807) is 0 Å². The van der Waals surface area contributed by atoms with E-state index >= 15 is 0 Å². The summed E-state index contributed by atoms with van der Waals surface area (Å²) in [6.45, 7) is 5.78. The number of nitrogens with zero attached hydrogens (tertiary/aromatic N) is 1. The molecule has 4 heteroatoms. The lowest BCUT2D eigenvalue weighted by Gasteiger charge is -2.23. The molecule has 0 spiro atoms. The number of nitrogens with two attached hydrogens (primary N) is 1. The zero-order valence-corrected chi connectivity index (χ0v) is 14.6. The van der Waals surface area contributed by atoms with Gasteiger partial charge in [-0.05, 0) is 43.0 Å². The molecule has 1 amide bonds. The number of hydrogen-bond donors (Lipinski definition) is 1. The van der Waals surface area contributed by atoms with E-state index in [0.29, 0.717) is 19.6 Å². The Bertz CT molecular complexity index is 629. The van der Waals surface area contributed by atoms with E-state index in [1.807, 2.05) is 55.1 Å². The fourth-order valence-corrected chi connectivity index (χ4v) is 2.53. The Labute approximate surface area is 144 Å². The molecule has 0 fully saturated rings. The van der Waals surface area contributed by atoms with Crippen LogP contribution in [0.3, 0.4) is 0 Å². The van der Waals surface area contributed by atoms with E-state index in [4.69, 9.17) is 5.73 Å². The lowest BCUT2D eigenvalue weighted by Crippen LogP contribution is -2.37. The summed E-state index contributed by atoms with van der Waals surface area (Å²) in [4.78, 5) is 14.7. The fourth-order valence-electron chi connectivity index (χ4n) is 2.53. The molecule has 0 bridgehead atoms. The molecule has 0 heterocycles. The summed E-state index contributed by atoms with van der Waals surface area (Å²) in [5.41, 5.74) is 9.89. The average molecular weight is 333 g/mol. The number of halogens is 1. The van der Waals surface area contributed by atoms with Gasteiger partial charge in [0, 0.05) is 25.2 Å². The van der Waals surface area contributed by atoms with Gasteiger partial charge in [0.2, 0.25) is 0 Å². The number of benzene rings is 2. The minimum absolute atomic E-state index is 0. The minimum Gasteiger partial charge on any atom is -0.337 e. The molecule has 0 unspecified atom stereocenters. The van der Waals surface area contributed by atoms with E-state index in [0.717, 1.165) is 23.1 Å². The topological polar surface area (TPSA) is 46.3 Å². The van der Waals surface area contributed by atoms with Crippen LogP contribution in [-0.4, -0.2) is 30.4 Å². The molecule has 124 valence electrons. The monoisotopic (exact) mass is 332 g/mol. The maximum Gasteiger partial charge on any atom is 0.254 e. The molecule has 0 saturated heterocycles. The van der Waals surface area contributed by atoms with Crippen LogP contribution in [0.4, 0.5) is 0 Å². The van der Waals surface area contributed by atoms with Gasteiger partial charge in [-0.2, -0.15) is 0 Å². The van der Waals surface area contributed by atoms with Gasteiger partial charge in [0.15, 0.2) is 0 Å². The van der Waals surface area contributed by atoms with Gasteiger partial charge in [-0.25, -0.2) is 0 Å². The third-order valence-electron chi connectivity index (χ3n) is 4.03. The normalized spacial score (nSPS) is 10.0. The number of amides is 1. The van der Waals surface area contributed by atoms with Crippen molar-refractivity contribution in [3.8, 4) is 0 Å². The zero-order valence-electron chi connectivity index (χ0n) is 13.8. The van der Waals surface area contributed by atoms with Crippen LogP contribution >= 0.6 is 12.4 Å². The molecular formula is C19H25ClN2O. The molecule has 0 aliphatic carbocycles. The summed E-state index contributed by atoms with van der Waals surface area (Å²) in [5, 5.41) is 0. The molecular weight excluding hydrogens is 308 g/mol. The van der Waals surface area contributed by atoms with Crippen LogP contribution in [-0.2, 0) is 6.42 Å². The van der Waals surface area contributed by atoms with Crippen LogP contribution in [0.15, 0.2) is 48.5 Å². The van der Waals surface area contributed by atoms with Crippen molar-refractivity contribution in [1.82, 2.24) is 4.90 Å². The van der Waals surface area contributed by atoms with Crippen LogP contribution < -0.4 is 5.73 Å². The van der Waals surface area contributed by atoms with Crippen molar-refractivity contribution in [3.05, 3.63) is 70.8 Å². The Morgan fingerprint density at radius 2 is 1.70 bits per heavy atom. The molecule has 0 aliphatic rings. The van der Waals surface area contributed by atoms with Crippen molar-refractivity contribution >= 4 is 18.3 Å². The highest BCUT2D eigenvalue weighted by atomic mass is 35.5. The second-order valence-corrected chi connectivity index (χ2v) is 5.56. The third kappa shape index (κ3) is 5.08. The first-order valence-corrected chi connectivity index (χ1v) is 7.73. The molecule has 0 aliphatic heterocycles. The highest BCUT2D eigenvalue weighted by Gasteiger charge is 2.17. The Balaban J connectivity index is 0.00000264. The summed E-state index contributed by atoms with van der Waals surface area (Å²) in [5.74, 6) is 0.0718. The summed E-state index contributed by atoms with van der Waals surface area (Å²) >= 11 is 0. The van der Waals surface area contributed by atoms with Crippen LogP contribution in [0.25, 0.3) is 0 Å². The smallest absolute Gasteiger partial charge is 0.254 e. The van der Waals surface area contributed by atoms with E-state index in [-0.39, 0.29) is 18.3 Å². The molecule has 0 saturated carbocycles. The Hall–Kier alpha value is -1.84. The largest absolute Gasteiger partial charge is 0.337 e.